The lowest BCUT2D eigenvalue weighted by molar-refractivity contribution is 0.0950. The molecule has 5 heteroatoms. The van der Waals surface area contributed by atoms with Crippen molar-refractivity contribution >= 4 is 5.91 Å². The molecule has 0 radical (unpaired) electrons. The molecule has 1 aliphatic carbocycles. The molecule has 0 saturated heterocycles. The Morgan fingerprint density at radius 1 is 1.30 bits per heavy atom. The molecule has 0 atom stereocenters. The van der Waals surface area contributed by atoms with E-state index in [0.29, 0.717) is 30.5 Å². The second-order valence-corrected chi connectivity index (χ2v) is 5.63. The molecule has 1 aromatic carbocycles. The number of hydrogen-bond donors (Lipinski definition) is 1. The summed E-state index contributed by atoms with van der Waals surface area (Å²) < 4.78 is 10.9. The molecule has 1 aromatic heterocycles. The minimum atomic E-state index is -0.158. The number of carbonyl (C=O) groups excluding carboxylic acids is 1. The lowest BCUT2D eigenvalue weighted by Gasteiger charge is -2.10. The molecule has 1 saturated carbocycles. The van der Waals surface area contributed by atoms with Crippen LogP contribution in [-0.2, 0) is 6.54 Å². The Kier molecular flexibility index (Phi) is 4.76. The van der Waals surface area contributed by atoms with Gasteiger partial charge in [0.05, 0.1) is 13.7 Å². The second-order valence-electron chi connectivity index (χ2n) is 5.63. The highest BCUT2D eigenvalue weighted by molar-refractivity contribution is 5.94. The van der Waals surface area contributed by atoms with Crippen LogP contribution in [0.15, 0.2) is 42.6 Å². The summed E-state index contributed by atoms with van der Waals surface area (Å²) in [6, 6.07) is 11.0. The van der Waals surface area contributed by atoms with Gasteiger partial charge in [-0.3, -0.25) is 4.79 Å². The SMILES string of the molecule is COc1ccccc1CNC(=O)c1ccnc(OCC2CC2)c1. The topological polar surface area (TPSA) is 60.5 Å². The Hall–Kier alpha value is -2.56. The number of benzene rings is 1. The molecule has 1 aliphatic rings. The van der Waals surface area contributed by atoms with Crippen molar-refractivity contribution in [3.63, 3.8) is 0 Å². The molecule has 2 aromatic rings. The minimum absolute atomic E-state index is 0.158. The number of ether oxygens (including phenoxy) is 2. The smallest absolute Gasteiger partial charge is 0.251 e. The summed E-state index contributed by atoms with van der Waals surface area (Å²) in [6.07, 6.45) is 4.04. The maximum Gasteiger partial charge on any atom is 0.251 e. The molecule has 0 unspecified atom stereocenters. The summed E-state index contributed by atoms with van der Waals surface area (Å²) in [6.45, 7) is 1.09. The maximum absolute atomic E-state index is 12.3. The van der Waals surface area contributed by atoms with Crippen LogP contribution in [-0.4, -0.2) is 24.6 Å². The summed E-state index contributed by atoms with van der Waals surface area (Å²) in [7, 11) is 1.62. The van der Waals surface area contributed by atoms with E-state index in [2.05, 4.69) is 10.3 Å². The number of nitrogens with zero attached hydrogens (tertiary/aromatic N) is 1. The number of hydrogen-bond acceptors (Lipinski definition) is 4. The van der Waals surface area contributed by atoms with Crippen LogP contribution < -0.4 is 14.8 Å². The van der Waals surface area contributed by atoms with Crippen molar-refractivity contribution in [2.24, 2.45) is 5.92 Å². The van der Waals surface area contributed by atoms with Gasteiger partial charge in [0.1, 0.15) is 5.75 Å². The Morgan fingerprint density at radius 2 is 2.13 bits per heavy atom. The average molecular weight is 312 g/mol. The standard InChI is InChI=1S/C18H20N2O3/c1-22-16-5-3-2-4-15(16)11-20-18(21)14-8-9-19-17(10-14)23-12-13-6-7-13/h2-5,8-10,13H,6-7,11-12H2,1H3,(H,20,21). The fraction of sp³-hybridized carbons (Fsp3) is 0.333. The Labute approximate surface area is 135 Å². The van der Waals surface area contributed by atoms with Crippen LogP contribution in [0.2, 0.25) is 0 Å². The summed E-state index contributed by atoms with van der Waals surface area (Å²) in [5.41, 5.74) is 1.48. The molecule has 23 heavy (non-hydrogen) atoms. The highest BCUT2D eigenvalue weighted by Crippen LogP contribution is 2.29. The van der Waals surface area contributed by atoms with Crippen LogP contribution in [0.4, 0.5) is 0 Å². The maximum atomic E-state index is 12.3. The van der Waals surface area contributed by atoms with Crippen LogP contribution in [0.5, 0.6) is 11.6 Å². The van der Waals surface area contributed by atoms with E-state index < -0.39 is 0 Å². The molecule has 1 amide bonds. The van der Waals surface area contributed by atoms with E-state index in [1.807, 2.05) is 24.3 Å². The van der Waals surface area contributed by atoms with Crippen LogP contribution in [0.25, 0.3) is 0 Å². The molecule has 0 spiro atoms. The zero-order chi connectivity index (χ0) is 16.1. The fourth-order valence-corrected chi connectivity index (χ4v) is 2.24. The van der Waals surface area contributed by atoms with E-state index >= 15 is 0 Å². The molecule has 1 fully saturated rings. The first-order valence-electron chi connectivity index (χ1n) is 7.75. The molecule has 0 bridgehead atoms. The molecule has 3 rings (SSSR count). The monoisotopic (exact) mass is 312 g/mol. The first-order valence-corrected chi connectivity index (χ1v) is 7.75. The second kappa shape index (κ2) is 7.13. The predicted octanol–water partition coefficient (Wildman–Crippen LogP) is 2.81. The number of rotatable bonds is 7. The molecule has 1 N–H and O–H groups in total. The zero-order valence-electron chi connectivity index (χ0n) is 13.1. The van der Waals surface area contributed by atoms with Gasteiger partial charge in [-0.2, -0.15) is 0 Å². The summed E-state index contributed by atoms with van der Waals surface area (Å²) in [5.74, 6) is 1.76. The number of pyridine rings is 1. The third-order valence-electron chi connectivity index (χ3n) is 3.79. The Balaban J connectivity index is 1.60. The normalized spacial score (nSPS) is 13.4. The molecule has 5 nitrogen and oxygen atoms in total. The number of methoxy groups -OCH3 is 1. The summed E-state index contributed by atoms with van der Waals surface area (Å²) in [4.78, 5) is 16.4. The number of aromatic nitrogens is 1. The fourth-order valence-electron chi connectivity index (χ4n) is 2.24. The van der Waals surface area contributed by atoms with Crippen molar-refractivity contribution in [2.45, 2.75) is 19.4 Å². The summed E-state index contributed by atoms with van der Waals surface area (Å²) in [5, 5.41) is 2.89. The van der Waals surface area contributed by atoms with Crippen LogP contribution in [0, 0.1) is 5.92 Å². The number of para-hydroxylation sites is 1. The largest absolute Gasteiger partial charge is 0.496 e. The van der Waals surface area contributed by atoms with Gasteiger partial charge in [0.25, 0.3) is 5.91 Å². The Morgan fingerprint density at radius 3 is 2.91 bits per heavy atom. The van der Waals surface area contributed by atoms with Gasteiger partial charge in [0, 0.05) is 29.9 Å². The van der Waals surface area contributed by atoms with Crippen molar-refractivity contribution in [3.8, 4) is 11.6 Å². The lowest BCUT2D eigenvalue weighted by atomic mass is 10.2. The number of carbonyl (C=O) groups is 1. The molecule has 0 aliphatic heterocycles. The van der Waals surface area contributed by atoms with Crippen molar-refractivity contribution in [1.82, 2.24) is 10.3 Å². The molecule has 1 heterocycles. The van der Waals surface area contributed by atoms with E-state index in [4.69, 9.17) is 9.47 Å². The van der Waals surface area contributed by atoms with Gasteiger partial charge >= 0.3 is 0 Å². The van der Waals surface area contributed by atoms with Crippen molar-refractivity contribution in [3.05, 3.63) is 53.7 Å². The van der Waals surface area contributed by atoms with E-state index in [0.717, 1.165) is 11.3 Å². The van der Waals surface area contributed by atoms with Crippen LogP contribution in [0.3, 0.4) is 0 Å². The van der Waals surface area contributed by atoms with Gasteiger partial charge in [-0.1, -0.05) is 18.2 Å². The molecular formula is C18H20N2O3. The first-order chi connectivity index (χ1) is 11.3. The quantitative estimate of drug-likeness (QED) is 0.854. The van der Waals surface area contributed by atoms with Crippen molar-refractivity contribution < 1.29 is 14.3 Å². The van der Waals surface area contributed by atoms with Crippen molar-refractivity contribution in [1.29, 1.82) is 0 Å². The third kappa shape index (κ3) is 4.22. The molecular weight excluding hydrogens is 292 g/mol. The number of amides is 1. The van der Waals surface area contributed by atoms with Gasteiger partial charge in [-0.05, 0) is 30.9 Å². The van der Waals surface area contributed by atoms with Crippen molar-refractivity contribution in [2.75, 3.05) is 13.7 Å². The minimum Gasteiger partial charge on any atom is -0.496 e. The van der Waals surface area contributed by atoms with E-state index in [-0.39, 0.29) is 5.91 Å². The average Bonchev–Trinajstić information content (AvgIpc) is 3.43. The third-order valence-corrected chi connectivity index (χ3v) is 3.79. The molecule has 120 valence electrons. The van der Waals surface area contributed by atoms with Crippen LogP contribution in [0.1, 0.15) is 28.8 Å². The first kappa shape index (κ1) is 15.3. The lowest BCUT2D eigenvalue weighted by Crippen LogP contribution is -2.23. The predicted molar refractivity (Wildman–Crippen MR) is 86.6 cm³/mol. The van der Waals surface area contributed by atoms with Crippen LogP contribution >= 0.6 is 0 Å². The van der Waals surface area contributed by atoms with Gasteiger partial charge in [-0.15, -0.1) is 0 Å². The number of nitrogens with one attached hydrogen (secondary N) is 1. The van der Waals surface area contributed by atoms with E-state index in [1.165, 1.54) is 12.8 Å². The van der Waals surface area contributed by atoms with Gasteiger partial charge < -0.3 is 14.8 Å². The summed E-state index contributed by atoms with van der Waals surface area (Å²) >= 11 is 0. The van der Waals surface area contributed by atoms with Gasteiger partial charge in [0.2, 0.25) is 5.88 Å². The highest BCUT2D eigenvalue weighted by atomic mass is 16.5. The van der Waals surface area contributed by atoms with E-state index in [1.54, 1.807) is 25.4 Å². The zero-order valence-corrected chi connectivity index (χ0v) is 13.1. The highest BCUT2D eigenvalue weighted by Gasteiger charge is 2.22. The Bertz CT molecular complexity index is 683. The van der Waals surface area contributed by atoms with E-state index in [9.17, 15) is 4.79 Å². The van der Waals surface area contributed by atoms with Gasteiger partial charge in [0.15, 0.2) is 0 Å². The van der Waals surface area contributed by atoms with Gasteiger partial charge in [-0.25, -0.2) is 4.98 Å².